The molecule has 0 saturated carbocycles. The lowest BCUT2D eigenvalue weighted by Crippen LogP contribution is -2.29. The maximum Gasteiger partial charge on any atom is 0.241 e. The number of benzene rings is 2. The van der Waals surface area contributed by atoms with Crippen LogP contribution in [0.3, 0.4) is 0 Å². The van der Waals surface area contributed by atoms with E-state index in [2.05, 4.69) is 20.7 Å². The van der Waals surface area contributed by atoms with E-state index in [0.717, 1.165) is 11.0 Å². The number of fused-ring (bicyclic) bond motifs is 1. The molecule has 1 N–H and O–H groups in total. The maximum absolute atomic E-state index is 12.4. The van der Waals surface area contributed by atoms with E-state index in [-0.39, 0.29) is 11.4 Å². The molecule has 126 valence electrons. The van der Waals surface area contributed by atoms with Crippen molar-refractivity contribution in [2.75, 3.05) is 13.7 Å². The summed E-state index contributed by atoms with van der Waals surface area (Å²) >= 11 is 3.26. The van der Waals surface area contributed by atoms with E-state index in [1.54, 1.807) is 18.2 Å². The lowest BCUT2D eigenvalue weighted by Gasteiger charge is -2.14. The monoisotopic (exact) mass is 409 g/mol. The number of ether oxygens (including phenoxy) is 1. The Morgan fingerprint density at radius 2 is 1.88 bits per heavy atom. The van der Waals surface area contributed by atoms with E-state index < -0.39 is 16.1 Å². The molecule has 7 heteroatoms. The molecule has 1 atom stereocenters. The molecule has 1 heterocycles. The first-order valence-corrected chi connectivity index (χ1v) is 9.54. The third-order valence-electron chi connectivity index (χ3n) is 3.63. The molecule has 0 fully saturated rings. The molecule has 0 radical (unpaired) electrons. The van der Waals surface area contributed by atoms with Gasteiger partial charge >= 0.3 is 0 Å². The SMILES string of the molecule is CO[C@H](CNS(=O)(=O)c1ccccc1Br)c1cc2ccccc2o1. The van der Waals surface area contributed by atoms with Crippen LogP contribution < -0.4 is 4.72 Å². The van der Waals surface area contributed by atoms with Gasteiger partial charge in [-0.3, -0.25) is 0 Å². The Morgan fingerprint density at radius 3 is 2.58 bits per heavy atom. The van der Waals surface area contributed by atoms with Gasteiger partial charge in [0.05, 0.1) is 4.90 Å². The van der Waals surface area contributed by atoms with Crippen molar-refractivity contribution >= 4 is 36.9 Å². The van der Waals surface area contributed by atoms with Gasteiger partial charge in [0.2, 0.25) is 10.0 Å². The molecule has 0 bridgehead atoms. The highest BCUT2D eigenvalue weighted by molar-refractivity contribution is 9.10. The highest BCUT2D eigenvalue weighted by Gasteiger charge is 2.22. The molecule has 0 aliphatic carbocycles. The second-order valence-corrected chi connectivity index (χ2v) is 7.78. The number of furan rings is 1. The predicted molar refractivity (Wildman–Crippen MR) is 95.3 cm³/mol. The van der Waals surface area contributed by atoms with Crippen molar-refractivity contribution in [3.05, 3.63) is 64.8 Å². The first-order valence-electron chi connectivity index (χ1n) is 7.27. The zero-order valence-electron chi connectivity index (χ0n) is 12.9. The van der Waals surface area contributed by atoms with Crippen molar-refractivity contribution in [2.45, 2.75) is 11.0 Å². The van der Waals surface area contributed by atoms with Crippen molar-refractivity contribution in [3.63, 3.8) is 0 Å². The smallest absolute Gasteiger partial charge is 0.241 e. The summed E-state index contributed by atoms with van der Waals surface area (Å²) in [5.41, 5.74) is 0.739. The van der Waals surface area contributed by atoms with Gasteiger partial charge in [0.25, 0.3) is 0 Å². The van der Waals surface area contributed by atoms with E-state index in [1.165, 1.54) is 13.2 Å². The molecule has 3 aromatic rings. The van der Waals surface area contributed by atoms with Crippen LogP contribution in [0.4, 0.5) is 0 Å². The largest absolute Gasteiger partial charge is 0.458 e. The zero-order valence-corrected chi connectivity index (χ0v) is 15.3. The van der Waals surface area contributed by atoms with Gasteiger partial charge in [0.1, 0.15) is 17.4 Å². The van der Waals surface area contributed by atoms with Crippen LogP contribution in [0.15, 0.2) is 68.4 Å². The van der Waals surface area contributed by atoms with E-state index in [1.807, 2.05) is 30.3 Å². The Kier molecular flexibility index (Phi) is 5.05. The Balaban J connectivity index is 1.80. The highest BCUT2D eigenvalue weighted by atomic mass is 79.9. The highest BCUT2D eigenvalue weighted by Crippen LogP contribution is 2.26. The predicted octanol–water partition coefficient (Wildman–Crippen LogP) is 3.86. The average Bonchev–Trinajstić information content (AvgIpc) is 2.99. The summed E-state index contributed by atoms with van der Waals surface area (Å²) in [6.45, 7) is 0.0694. The van der Waals surface area contributed by atoms with Crippen LogP contribution in [0, 0.1) is 0 Å². The molecule has 0 spiro atoms. The zero-order chi connectivity index (χ0) is 17.2. The Bertz CT molecular complexity index is 919. The van der Waals surface area contributed by atoms with Crippen molar-refractivity contribution < 1.29 is 17.6 Å². The molecule has 1 aromatic heterocycles. The fraction of sp³-hybridized carbons (Fsp3) is 0.176. The van der Waals surface area contributed by atoms with Crippen molar-refractivity contribution in [1.29, 1.82) is 0 Å². The minimum atomic E-state index is -3.65. The van der Waals surface area contributed by atoms with E-state index in [9.17, 15) is 8.42 Å². The van der Waals surface area contributed by atoms with Crippen molar-refractivity contribution in [2.24, 2.45) is 0 Å². The molecule has 3 rings (SSSR count). The quantitative estimate of drug-likeness (QED) is 0.670. The first-order chi connectivity index (χ1) is 11.5. The summed E-state index contributed by atoms with van der Waals surface area (Å²) in [5, 5.41) is 0.947. The van der Waals surface area contributed by atoms with Crippen LogP contribution in [-0.2, 0) is 14.8 Å². The summed E-state index contributed by atoms with van der Waals surface area (Å²) < 4.78 is 39.1. The second-order valence-electron chi connectivity index (χ2n) is 5.19. The van der Waals surface area contributed by atoms with Gasteiger partial charge in [-0.1, -0.05) is 30.3 Å². The first kappa shape index (κ1) is 17.2. The number of nitrogens with one attached hydrogen (secondary N) is 1. The third kappa shape index (κ3) is 3.54. The van der Waals surface area contributed by atoms with Gasteiger partial charge in [0, 0.05) is 23.5 Å². The average molecular weight is 410 g/mol. The minimum Gasteiger partial charge on any atom is -0.458 e. The fourth-order valence-electron chi connectivity index (χ4n) is 2.39. The molecular formula is C17H16BrNO4S. The molecular weight excluding hydrogens is 394 g/mol. The van der Waals surface area contributed by atoms with Crippen LogP contribution in [0.1, 0.15) is 11.9 Å². The molecule has 0 amide bonds. The number of methoxy groups -OCH3 is 1. The summed E-state index contributed by atoms with van der Waals surface area (Å²) in [6, 6.07) is 16.1. The maximum atomic E-state index is 12.4. The van der Waals surface area contributed by atoms with Gasteiger partial charge in [-0.25, -0.2) is 13.1 Å². The standard InChI is InChI=1S/C17H16BrNO4S/c1-22-16(15-10-12-6-2-4-8-14(12)23-15)11-19-24(20,21)17-9-5-3-7-13(17)18/h2-10,16,19H,11H2,1H3/t16-/m1/s1. The van der Waals surface area contributed by atoms with Gasteiger partial charge in [-0.15, -0.1) is 0 Å². The number of sulfonamides is 1. The van der Waals surface area contributed by atoms with Crippen LogP contribution in [-0.4, -0.2) is 22.1 Å². The van der Waals surface area contributed by atoms with Crippen LogP contribution in [0.5, 0.6) is 0 Å². The lowest BCUT2D eigenvalue weighted by molar-refractivity contribution is 0.0893. The van der Waals surface area contributed by atoms with Crippen molar-refractivity contribution in [3.8, 4) is 0 Å². The summed E-state index contributed by atoms with van der Waals surface area (Å²) in [6.07, 6.45) is -0.519. The number of para-hydroxylation sites is 1. The van der Waals surface area contributed by atoms with E-state index >= 15 is 0 Å². The number of rotatable bonds is 6. The van der Waals surface area contributed by atoms with Gasteiger partial charge < -0.3 is 9.15 Å². The van der Waals surface area contributed by atoms with Crippen LogP contribution >= 0.6 is 15.9 Å². The Labute approximate surface area is 148 Å². The number of hydrogen-bond donors (Lipinski definition) is 1. The molecule has 2 aromatic carbocycles. The lowest BCUT2D eigenvalue weighted by atomic mass is 10.2. The summed E-state index contributed by atoms with van der Waals surface area (Å²) in [5.74, 6) is 0.577. The molecule has 0 aliphatic rings. The van der Waals surface area contributed by atoms with Crippen LogP contribution in [0.25, 0.3) is 11.0 Å². The molecule has 5 nitrogen and oxygen atoms in total. The van der Waals surface area contributed by atoms with Crippen molar-refractivity contribution in [1.82, 2.24) is 4.72 Å². The minimum absolute atomic E-state index is 0.0694. The topological polar surface area (TPSA) is 68.5 Å². The number of hydrogen-bond acceptors (Lipinski definition) is 4. The normalized spacial score (nSPS) is 13.2. The molecule has 0 unspecified atom stereocenters. The van der Waals surface area contributed by atoms with Crippen LogP contribution in [0.2, 0.25) is 0 Å². The molecule has 0 saturated heterocycles. The van der Waals surface area contributed by atoms with Gasteiger partial charge in [-0.05, 0) is 40.2 Å². The van der Waals surface area contributed by atoms with E-state index in [0.29, 0.717) is 10.2 Å². The fourth-order valence-corrected chi connectivity index (χ4v) is 4.42. The molecule has 0 aliphatic heterocycles. The summed E-state index contributed by atoms with van der Waals surface area (Å²) in [7, 11) is -2.13. The van der Waals surface area contributed by atoms with Gasteiger partial charge in [-0.2, -0.15) is 0 Å². The number of halogens is 1. The van der Waals surface area contributed by atoms with Gasteiger partial charge in [0.15, 0.2) is 0 Å². The second kappa shape index (κ2) is 7.06. The van der Waals surface area contributed by atoms with E-state index in [4.69, 9.17) is 9.15 Å². The Hall–Kier alpha value is -1.67. The molecule has 24 heavy (non-hydrogen) atoms. The third-order valence-corrected chi connectivity index (χ3v) is 6.07. The Morgan fingerprint density at radius 1 is 1.17 bits per heavy atom. The summed E-state index contributed by atoms with van der Waals surface area (Å²) in [4.78, 5) is 0.185.